The summed E-state index contributed by atoms with van der Waals surface area (Å²) in [6, 6.07) is 18.4. The minimum Gasteiger partial charge on any atom is -0.487 e. The number of nitrogens with one attached hydrogen (secondary N) is 2. The summed E-state index contributed by atoms with van der Waals surface area (Å²) in [5.74, 6) is -0.186. The number of nitrogens with zero attached hydrogens (tertiary/aromatic N) is 1. The number of ether oxygens (including phenoxy) is 1. The molecule has 6 nitrogen and oxygen atoms in total. The van der Waals surface area contributed by atoms with Crippen LogP contribution in [0.25, 0.3) is 10.9 Å². The van der Waals surface area contributed by atoms with Gasteiger partial charge in [-0.05, 0) is 42.0 Å². The van der Waals surface area contributed by atoms with Crippen LogP contribution in [0.4, 0.5) is 0 Å². The summed E-state index contributed by atoms with van der Waals surface area (Å²) in [6.45, 7) is 0.324. The smallest absolute Gasteiger partial charge is 0.321 e. The maximum atomic E-state index is 11.9. The van der Waals surface area contributed by atoms with E-state index in [4.69, 9.17) is 4.74 Å². The largest absolute Gasteiger partial charge is 0.487 e. The van der Waals surface area contributed by atoms with Gasteiger partial charge in [0, 0.05) is 39.3 Å². The molecule has 0 saturated heterocycles. The quantitative estimate of drug-likeness (QED) is 0.391. The third-order valence-electron chi connectivity index (χ3n) is 5.59. The Kier molecular flexibility index (Phi) is 5.21. The molecule has 0 radical (unpaired) electrons. The fourth-order valence-corrected chi connectivity index (χ4v) is 4.53. The summed E-state index contributed by atoms with van der Waals surface area (Å²) in [5.41, 5.74) is 4.69. The molecule has 1 aliphatic heterocycles. The number of pyridine rings is 1. The molecule has 2 atom stereocenters. The number of H-pyrrole nitrogens is 1. The fourth-order valence-electron chi connectivity index (χ4n) is 4.15. The molecular weight excluding hydrogens is 458 g/mol. The summed E-state index contributed by atoms with van der Waals surface area (Å²) >= 11 is 3.56. The first-order valence-corrected chi connectivity index (χ1v) is 10.8. The summed E-state index contributed by atoms with van der Waals surface area (Å²) in [7, 11) is 0. The lowest BCUT2D eigenvalue weighted by Gasteiger charge is -2.30. The average Bonchev–Trinajstić information content (AvgIpc) is 3.17. The Morgan fingerprint density at radius 2 is 2.00 bits per heavy atom. The number of carboxylic acid groups (broad SMARTS) is 1. The molecule has 1 aliphatic rings. The number of para-hydroxylation sites is 1. The Hall–Kier alpha value is -3.16. The van der Waals surface area contributed by atoms with Gasteiger partial charge in [-0.15, -0.1) is 0 Å². The number of rotatable bonds is 5. The number of hydrogen-bond acceptors (Lipinski definition) is 4. The molecule has 156 valence electrons. The van der Waals surface area contributed by atoms with Gasteiger partial charge < -0.3 is 14.8 Å². The number of carboxylic acids is 1. The molecule has 0 spiro atoms. The summed E-state index contributed by atoms with van der Waals surface area (Å²) in [5, 5.41) is 14.2. The van der Waals surface area contributed by atoms with E-state index >= 15 is 0 Å². The van der Waals surface area contributed by atoms with Crippen LogP contribution in [0.5, 0.6) is 5.75 Å². The highest BCUT2D eigenvalue weighted by Gasteiger charge is 2.35. The number of aromatic amines is 1. The van der Waals surface area contributed by atoms with Gasteiger partial charge in [0.15, 0.2) is 0 Å². The van der Waals surface area contributed by atoms with E-state index in [9.17, 15) is 9.90 Å². The van der Waals surface area contributed by atoms with E-state index in [0.29, 0.717) is 18.8 Å². The van der Waals surface area contributed by atoms with E-state index in [2.05, 4.69) is 31.2 Å². The van der Waals surface area contributed by atoms with Crippen molar-refractivity contribution in [3.8, 4) is 5.75 Å². The third-order valence-corrected chi connectivity index (χ3v) is 6.09. The van der Waals surface area contributed by atoms with Gasteiger partial charge in [0.05, 0.1) is 11.7 Å². The molecule has 3 heterocycles. The van der Waals surface area contributed by atoms with E-state index in [1.54, 1.807) is 6.20 Å². The molecular formula is C24H20BrN3O3. The predicted octanol–water partition coefficient (Wildman–Crippen LogP) is 4.59. The lowest BCUT2D eigenvalue weighted by atomic mass is 9.90. The van der Waals surface area contributed by atoms with Gasteiger partial charge in [0.25, 0.3) is 0 Å². The van der Waals surface area contributed by atoms with Crippen LogP contribution >= 0.6 is 15.9 Å². The topological polar surface area (TPSA) is 87.2 Å². The average molecular weight is 478 g/mol. The van der Waals surface area contributed by atoms with Gasteiger partial charge in [-0.2, -0.15) is 0 Å². The third kappa shape index (κ3) is 3.82. The van der Waals surface area contributed by atoms with E-state index in [1.165, 1.54) is 0 Å². The predicted molar refractivity (Wildman–Crippen MR) is 121 cm³/mol. The zero-order chi connectivity index (χ0) is 21.4. The van der Waals surface area contributed by atoms with Crippen molar-refractivity contribution in [3.05, 3.63) is 93.8 Å². The first-order valence-electron chi connectivity index (χ1n) is 10.0. The van der Waals surface area contributed by atoms with E-state index in [0.717, 1.165) is 37.9 Å². The van der Waals surface area contributed by atoms with Gasteiger partial charge >= 0.3 is 5.97 Å². The second kappa shape index (κ2) is 8.17. The monoisotopic (exact) mass is 477 g/mol. The van der Waals surface area contributed by atoms with Crippen molar-refractivity contribution < 1.29 is 14.6 Å². The number of halogens is 1. The van der Waals surface area contributed by atoms with Crippen LogP contribution in [-0.2, 0) is 17.8 Å². The minimum atomic E-state index is -0.869. The molecule has 0 saturated carbocycles. The molecule has 2 aromatic carbocycles. The van der Waals surface area contributed by atoms with Gasteiger partial charge in [-0.1, -0.05) is 40.2 Å². The second-order valence-corrected chi connectivity index (χ2v) is 8.47. The summed E-state index contributed by atoms with van der Waals surface area (Å²) in [6.07, 6.45) is 2.15. The number of benzene rings is 2. The van der Waals surface area contributed by atoms with Crippen molar-refractivity contribution in [1.82, 2.24) is 15.3 Å². The van der Waals surface area contributed by atoms with E-state index < -0.39 is 12.0 Å². The Bertz CT molecular complexity index is 1260. The maximum Gasteiger partial charge on any atom is 0.321 e. The standard InChI is InChI=1S/C24H20BrN3O3/c25-14-8-9-21(31-13-15-5-3-4-10-26-15)18(11-14)23-22-17(12-20(28-23)24(29)30)16-6-1-2-7-19(16)27-22/h1-11,20,23,27-28H,12-13H2,(H,29,30)/t20-,23+/m1/s1. The summed E-state index contributed by atoms with van der Waals surface area (Å²) in [4.78, 5) is 19.8. The highest BCUT2D eigenvalue weighted by Crippen LogP contribution is 2.39. The molecule has 4 aromatic rings. The zero-order valence-electron chi connectivity index (χ0n) is 16.5. The SMILES string of the molecule is O=C(O)[C@H]1Cc2c([nH]c3ccccc23)[C@H](c2cc(Br)ccc2OCc2ccccn2)N1. The van der Waals surface area contributed by atoms with Crippen molar-refractivity contribution in [2.75, 3.05) is 0 Å². The Morgan fingerprint density at radius 3 is 2.81 bits per heavy atom. The first-order chi connectivity index (χ1) is 15.1. The minimum absolute atomic E-state index is 0.324. The second-order valence-electron chi connectivity index (χ2n) is 7.55. The molecule has 0 bridgehead atoms. The van der Waals surface area contributed by atoms with Crippen molar-refractivity contribution >= 4 is 32.8 Å². The molecule has 31 heavy (non-hydrogen) atoms. The van der Waals surface area contributed by atoms with Crippen molar-refractivity contribution in [1.29, 1.82) is 0 Å². The molecule has 0 amide bonds. The summed E-state index contributed by atoms with van der Waals surface area (Å²) < 4.78 is 7.02. The Morgan fingerprint density at radius 1 is 1.16 bits per heavy atom. The molecule has 5 rings (SSSR count). The van der Waals surface area contributed by atoms with Gasteiger partial charge in [0.2, 0.25) is 0 Å². The van der Waals surface area contributed by atoms with Gasteiger partial charge in [-0.3, -0.25) is 15.1 Å². The van der Waals surface area contributed by atoms with Crippen molar-refractivity contribution in [3.63, 3.8) is 0 Å². The van der Waals surface area contributed by atoms with Crippen LogP contribution < -0.4 is 10.1 Å². The van der Waals surface area contributed by atoms with Crippen LogP contribution in [-0.4, -0.2) is 27.1 Å². The number of aromatic nitrogens is 2. The van der Waals surface area contributed by atoms with Crippen LogP contribution in [0.1, 0.15) is 28.6 Å². The fraction of sp³-hybridized carbons (Fsp3) is 0.167. The highest BCUT2D eigenvalue weighted by atomic mass is 79.9. The maximum absolute atomic E-state index is 11.9. The van der Waals surface area contributed by atoms with Crippen LogP contribution in [0.3, 0.4) is 0 Å². The van der Waals surface area contributed by atoms with Crippen LogP contribution in [0.2, 0.25) is 0 Å². The van der Waals surface area contributed by atoms with E-state index in [-0.39, 0.29) is 6.04 Å². The Labute approximate surface area is 187 Å². The molecule has 0 unspecified atom stereocenters. The Balaban J connectivity index is 1.59. The molecule has 2 aromatic heterocycles. The van der Waals surface area contributed by atoms with Crippen molar-refractivity contribution in [2.24, 2.45) is 0 Å². The molecule has 7 heteroatoms. The zero-order valence-corrected chi connectivity index (χ0v) is 18.1. The van der Waals surface area contributed by atoms with E-state index in [1.807, 2.05) is 60.7 Å². The van der Waals surface area contributed by atoms with Crippen LogP contribution in [0, 0.1) is 0 Å². The number of carbonyl (C=O) groups is 1. The number of hydrogen-bond donors (Lipinski definition) is 3. The normalized spacial score (nSPS) is 18.0. The van der Waals surface area contributed by atoms with Crippen LogP contribution in [0.15, 0.2) is 71.3 Å². The van der Waals surface area contributed by atoms with Gasteiger partial charge in [0.1, 0.15) is 18.4 Å². The number of fused-ring (bicyclic) bond motifs is 3. The lowest BCUT2D eigenvalue weighted by Crippen LogP contribution is -2.45. The number of aliphatic carboxylic acids is 1. The molecule has 0 aliphatic carbocycles. The first kappa shape index (κ1) is 19.8. The highest BCUT2D eigenvalue weighted by molar-refractivity contribution is 9.10. The lowest BCUT2D eigenvalue weighted by molar-refractivity contribution is -0.139. The van der Waals surface area contributed by atoms with Gasteiger partial charge in [-0.25, -0.2) is 0 Å². The van der Waals surface area contributed by atoms with Crippen molar-refractivity contribution in [2.45, 2.75) is 25.1 Å². The molecule has 3 N–H and O–H groups in total. The molecule has 0 fully saturated rings.